The fourth-order valence-corrected chi connectivity index (χ4v) is 4.26. The maximum atomic E-state index is 13.1. The van der Waals surface area contributed by atoms with Crippen molar-refractivity contribution in [2.24, 2.45) is 16.9 Å². The van der Waals surface area contributed by atoms with Gasteiger partial charge in [-0.05, 0) is 37.6 Å². The van der Waals surface area contributed by atoms with Crippen molar-refractivity contribution < 1.29 is 19.1 Å². The van der Waals surface area contributed by atoms with Crippen LogP contribution in [0.25, 0.3) is 0 Å². The Kier molecular flexibility index (Phi) is 5.59. The van der Waals surface area contributed by atoms with Gasteiger partial charge in [-0.15, -0.1) is 0 Å². The number of amides is 2. The van der Waals surface area contributed by atoms with Gasteiger partial charge in [0.2, 0.25) is 11.8 Å². The lowest BCUT2D eigenvalue weighted by Crippen LogP contribution is -2.48. The molecule has 156 valence electrons. The van der Waals surface area contributed by atoms with Gasteiger partial charge in [0.05, 0.1) is 23.8 Å². The molecule has 0 saturated carbocycles. The van der Waals surface area contributed by atoms with Gasteiger partial charge in [-0.2, -0.15) is 5.26 Å². The second kappa shape index (κ2) is 7.84. The Hall–Kier alpha value is -3.31. The third-order valence-electron chi connectivity index (χ3n) is 5.36. The van der Waals surface area contributed by atoms with Crippen LogP contribution in [0.1, 0.15) is 25.3 Å². The van der Waals surface area contributed by atoms with Crippen LogP contribution < -0.4 is 11.5 Å². The number of nitriles is 1. The van der Waals surface area contributed by atoms with Gasteiger partial charge in [-0.3, -0.25) is 9.59 Å². The van der Waals surface area contributed by atoms with E-state index in [0.717, 1.165) is 0 Å². The molecule has 0 unspecified atom stereocenters. The van der Waals surface area contributed by atoms with Crippen molar-refractivity contribution >= 4 is 29.4 Å². The molecule has 2 aliphatic rings. The standard InChI is InChI=1S/C21H21ClN4O4/c1-11(2)30-19(28)17-16(12-3-6-14(22)7-4-12)21(10-23,20(25)29)15-8-5-13(18(24)27)9-26(15)17/h3-9,11,15-17H,1-2H3,(H2,24,27)(H2,25,29)/t15-,16-,17+,21-/m0/s1. The maximum Gasteiger partial charge on any atom is 0.329 e. The van der Waals surface area contributed by atoms with Gasteiger partial charge in [-0.1, -0.05) is 29.8 Å². The summed E-state index contributed by atoms with van der Waals surface area (Å²) < 4.78 is 5.43. The van der Waals surface area contributed by atoms with Crippen LogP contribution in [-0.4, -0.2) is 40.9 Å². The number of carbonyl (C=O) groups is 3. The molecule has 4 atom stereocenters. The van der Waals surface area contributed by atoms with Gasteiger partial charge in [0.1, 0.15) is 6.04 Å². The van der Waals surface area contributed by atoms with Gasteiger partial charge < -0.3 is 21.1 Å². The minimum absolute atomic E-state index is 0.127. The molecule has 2 amide bonds. The average molecular weight is 429 g/mol. The number of halogens is 1. The zero-order chi connectivity index (χ0) is 22.2. The van der Waals surface area contributed by atoms with E-state index in [-0.39, 0.29) is 5.57 Å². The predicted molar refractivity (Wildman–Crippen MR) is 108 cm³/mol. The second-order valence-electron chi connectivity index (χ2n) is 7.50. The lowest BCUT2D eigenvalue weighted by molar-refractivity contribution is -0.152. The molecule has 2 heterocycles. The highest BCUT2D eigenvalue weighted by molar-refractivity contribution is 6.30. The van der Waals surface area contributed by atoms with Crippen LogP contribution in [0.2, 0.25) is 5.02 Å². The minimum Gasteiger partial charge on any atom is -0.461 e. The van der Waals surface area contributed by atoms with E-state index < -0.39 is 47.3 Å². The van der Waals surface area contributed by atoms with Crippen LogP contribution in [0, 0.1) is 16.7 Å². The molecule has 1 aromatic rings. The highest BCUT2D eigenvalue weighted by atomic mass is 35.5. The number of nitrogens with two attached hydrogens (primary N) is 2. The number of rotatable bonds is 5. The fraction of sp³-hybridized carbons (Fsp3) is 0.333. The molecule has 1 fully saturated rings. The normalized spacial score (nSPS) is 27.2. The number of hydrogen-bond donors (Lipinski definition) is 2. The number of nitrogens with zero attached hydrogens (tertiary/aromatic N) is 2. The van der Waals surface area contributed by atoms with E-state index in [1.54, 1.807) is 38.1 Å². The molecule has 0 bridgehead atoms. The van der Waals surface area contributed by atoms with Crippen LogP contribution in [0.15, 0.2) is 48.2 Å². The van der Waals surface area contributed by atoms with Crippen LogP contribution >= 0.6 is 11.6 Å². The number of hydrogen-bond acceptors (Lipinski definition) is 6. The number of ether oxygens (including phenoxy) is 1. The highest BCUT2D eigenvalue weighted by Crippen LogP contribution is 2.53. The predicted octanol–water partition coefficient (Wildman–Crippen LogP) is 1.36. The molecule has 0 aliphatic carbocycles. The number of benzene rings is 1. The maximum absolute atomic E-state index is 13.1. The second-order valence-corrected chi connectivity index (χ2v) is 7.94. The minimum atomic E-state index is -1.80. The van der Waals surface area contributed by atoms with E-state index in [1.807, 2.05) is 0 Å². The van der Waals surface area contributed by atoms with E-state index in [1.165, 1.54) is 23.3 Å². The summed E-state index contributed by atoms with van der Waals surface area (Å²) in [5.41, 5.74) is 10.00. The van der Waals surface area contributed by atoms with Crippen molar-refractivity contribution in [3.05, 3.63) is 58.8 Å². The van der Waals surface area contributed by atoms with Crippen molar-refractivity contribution in [3.8, 4) is 6.07 Å². The third kappa shape index (κ3) is 3.31. The summed E-state index contributed by atoms with van der Waals surface area (Å²) in [6, 6.07) is 6.56. The Bertz CT molecular complexity index is 995. The quantitative estimate of drug-likeness (QED) is 0.678. The van der Waals surface area contributed by atoms with Gasteiger partial charge >= 0.3 is 5.97 Å². The molecule has 1 saturated heterocycles. The van der Waals surface area contributed by atoms with E-state index >= 15 is 0 Å². The summed E-state index contributed by atoms with van der Waals surface area (Å²) in [7, 11) is 0. The van der Waals surface area contributed by atoms with E-state index in [0.29, 0.717) is 10.6 Å². The SMILES string of the molecule is CC(C)OC(=O)[C@H]1[C@H](c2ccc(Cl)cc2)[C@@](C#N)(C(N)=O)[C@@H]2C=CC(C(N)=O)=CN21. The summed E-state index contributed by atoms with van der Waals surface area (Å²) in [5, 5.41) is 10.6. The molecule has 4 N–H and O–H groups in total. The largest absolute Gasteiger partial charge is 0.461 e. The van der Waals surface area contributed by atoms with Crippen molar-refractivity contribution in [1.29, 1.82) is 5.26 Å². The van der Waals surface area contributed by atoms with Crippen molar-refractivity contribution in [1.82, 2.24) is 4.90 Å². The number of esters is 1. The van der Waals surface area contributed by atoms with Crippen LogP contribution in [0.4, 0.5) is 0 Å². The topological polar surface area (TPSA) is 140 Å². The monoisotopic (exact) mass is 428 g/mol. The molecule has 0 spiro atoms. The lowest BCUT2D eigenvalue weighted by Gasteiger charge is -2.32. The fourth-order valence-electron chi connectivity index (χ4n) is 4.13. The van der Waals surface area contributed by atoms with Crippen molar-refractivity contribution in [2.75, 3.05) is 0 Å². The molecule has 1 aromatic carbocycles. The third-order valence-corrected chi connectivity index (χ3v) is 5.61. The number of fused-ring (bicyclic) bond motifs is 1. The summed E-state index contributed by atoms with van der Waals surface area (Å²) in [5.74, 6) is -3.22. The Morgan fingerprint density at radius 1 is 1.23 bits per heavy atom. The highest BCUT2D eigenvalue weighted by Gasteiger charge is 2.65. The van der Waals surface area contributed by atoms with E-state index in [4.69, 9.17) is 27.8 Å². The zero-order valence-electron chi connectivity index (χ0n) is 16.4. The molecular formula is C21H21ClN4O4. The van der Waals surface area contributed by atoms with Gasteiger partial charge in [-0.25, -0.2) is 4.79 Å². The summed E-state index contributed by atoms with van der Waals surface area (Å²) in [6.45, 7) is 3.38. The average Bonchev–Trinajstić information content (AvgIpc) is 2.98. The first-order valence-corrected chi connectivity index (χ1v) is 9.65. The lowest BCUT2D eigenvalue weighted by atomic mass is 9.68. The first-order valence-electron chi connectivity index (χ1n) is 9.27. The molecule has 0 aromatic heterocycles. The first kappa shape index (κ1) is 21.4. The van der Waals surface area contributed by atoms with Gasteiger partial charge in [0.15, 0.2) is 5.41 Å². The molecule has 30 heavy (non-hydrogen) atoms. The zero-order valence-corrected chi connectivity index (χ0v) is 17.2. The Morgan fingerprint density at radius 3 is 2.37 bits per heavy atom. The van der Waals surface area contributed by atoms with Crippen LogP contribution in [0.3, 0.4) is 0 Å². The van der Waals surface area contributed by atoms with Gasteiger partial charge in [0, 0.05) is 17.1 Å². The smallest absolute Gasteiger partial charge is 0.329 e. The summed E-state index contributed by atoms with van der Waals surface area (Å²) in [6.07, 6.45) is 3.87. The van der Waals surface area contributed by atoms with Gasteiger partial charge in [0.25, 0.3) is 0 Å². The van der Waals surface area contributed by atoms with Crippen molar-refractivity contribution in [3.63, 3.8) is 0 Å². The Balaban J connectivity index is 2.27. The summed E-state index contributed by atoms with van der Waals surface area (Å²) >= 11 is 6.00. The number of primary amides is 2. The Labute approximate surface area is 178 Å². The molecule has 3 rings (SSSR count). The molecule has 2 aliphatic heterocycles. The summed E-state index contributed by atoms with van der Waals surface area (Å²) in [4.78, 5) is 39.1. The first-order chi connectivity index (χ1) is 14.1. The Morgan fingerprint density at radius 2 is 1.87 bits per heavy atom. The van der Waals surface area contributed by atoms with E-state index in [9.17, 15) is 19.6 Å². The van der Waals surface area contributed by atoms with Crippen molar-refractivity contribution in [2.45, 2.75) is 38.0 Å². The van der Waals surface area contributed by atoms with E-state index in [2.05, 4.69) is 6.07 Å². The molecule has 9 heteroatoms. The van der Waals surface area contributed by atoms with Crippen LogP contribution in [0.5, 0.6) is 0 Å². The molecule has 0 radical (unpaired) electrons. The number of carbonyl (C=O) groups excluding carboxylic acids is 3. The molecule has 8 nitrogen and oxygen atoms in total. The molecular weight excluding hydrogens is 408 g/mol. The van der Waals surface area contributed by atoms with Crippen LogP contribution in [-0.2, 0) is 19.1 Å².